The van der Waals surface area contributed by atoms with Gasteiger partial charge in [0.15, 0.2) is 5.65 Å². The summed E-state index contributed by atoms with van der Waals surface area (Å²) in [5.74, 6) is -1.11. The Labute approximate surface area is 214 Å². The van der Waals surface area contributed by atoms with Crippen LogP contribution >= 0.6 is 11.6 Å². The largest absolute Gasteiger partial charge is 0.370 e. The second-order valence-electron chi connectivity index (χ2n) is 9.20. The predicted molar refractivity (Wildman–Crippen MR) is 139 cm³/mol. The number of aromatic nitrogens is 3. The van der Waals surface area contributed by atoms with Crippen molar-refractivity contribution in [3.63, 3.8) is 0 Å². The maximum absolute atomic E-state index is 13.7. The summed E-state index contributed by atoms with van der Waals surface area (Å²) in [5.41, 5.74) is 3.34. The molecule has 3 heterocycles. The number of anilines is 1. The monoisotopic (exact) mass is 531 g/mol. The second kappa shape index (κ2) is 9.95. The minimum atomic E-state index is -4.01. The summed E-state index contributed by atoms with van der Waals surface area (Å²) in [6.07, 6.45) is 9.89. The van der Waals surface area contributed by atoms with Gasteiger partial charge in [-0.25, -0.2) is 22.2 Å². The molecule has 2 unspecified atom stereocenters. The molecule has 12 heteroatoms. The van der Waals surface area contributed by atoms with E-state index in [1.54, 1.807) is 10.7 Å². The summed E-state index contributed by atoms with van der Waals surface area (Å²) in [6, 6.07) is 4.28. The van der Waals surface area contributed by atoms with Crippen molar-refractivity contribution in [2.45, 2.75) is 29.5 Å². The fraction of sp³-hybridized carbons (Fsp3) is 0.333. The first-order valence-corrected chi connectivity index (χ1v) is 13.7. The minimum absolute atomic E-state index is 0.00661. The van der Waals surface area contributed by atoms with Crippen LogP contribution in [0.15, 0.2) is 53.6 Å². The Morgan fingerprint density at radius 1 is 1.19 bits per heavy atom. The lowest BCUT2D eigenvalue weighted by Gasteiger charge is -2.32. The van der Waals surface area contributed by atoms with Crippen molar-refractivity contribution < 1.29 is 17.2 Å². The number of rotatable bonds is 6. The third-order valence-corrected chi connectivity index (χ3v) is 8.82. The van der Waals surface area contributed by atoms with Gasteiger partial charge in [-0.1, -0.05) is 18.2 Å². The van der Waals surface area contributed by atoms with Crippen molar-refractivity contribution in [3.05, 3.63) is 66.0 Å². The van der Waals surface area contributed by atoms with Crippen molar-refractivity contribution in [3.8, 4) is 0 Å². The van der Waals surface area contributed by atoms with Gasteiger partial charge in [-0.2, -0.15) is 13.9 Å². The molecule has 7 nitrogen and oxygen atoms in total. The molecule has 2 atom stereocenters. The number of piperidine rings is 1. The molecule has 5 rings (SSSR count). The molecule has 3 aromatic rings. The zero-order chi connectivity index (χ0) is 25.4. The van der Waals surface area contributed by atoms with E-state index in [4.69, 9.17) is 16.6 Å². The molecule has 1 aliphatic carbocycles. The van der Waals surface area contributed by atoms with Gasteiger partial charge in [0.2, 0.25) is 10.0 Å². The lowest BCUT2D eigenvalue weighted by atomic mass is 9.98. The predicted octanol–water partition coefficient (Wildman–Crippen LogP) is 2.73. The molecule has 2 aromatic heterocycles. The van der Waals surface area contributed by atoms with E-state index in [1.807, 2.05) is 32.1 Å². The summed E-state index contributed by atoms with van der Waals surface area (Å²) < 4.78 is 56.5. The van der Waals surface area contributed by atoms with Crippen LogP contribution < -0.4 is 10.8 Å². The van der Waals surface area contributed by atoms with Gasteiger partial charge in [-0.05, 0) is 48.3 Å². The standard InChI is InChI=1S/C24H25BClF2N5O2S/c25-20-13-30-33-23(11-22(31-24(20)33)19-5-1-2-6-21(19)26)29-12-15-4-3-7-32(14-15)36(34,35)18-9-16(27)8-17(28)10-18/h1-2,5,8-11,13,15,21,29H,3-4,6-7,12,14,25H2. The molecule has 0 amide bonds. The number of hydrogen-bond acceptors (Lipinski definition) is 5. The summed E-state index contributed by atoms with van der Waals surface area (Å²) in [7, 11) is -2.07. The van der Waals surface area contributed by atoms with Crippen LogP contribution in [0.25, 0.3) is 11.2 Å². The minimum Gasteiger partial charge on any atom is -0.370 e. The van der Waals surface area contributed by atoms with Crippen molar-refractivity contribution in [2.75, 3.05) is 25.0 Å². The fourth-order valence-corrected chi connectivity index (χ4v) is 6.57. The lowest BCUT2D eigenvalue weighted by molar-refractivity contribution is 0.275. The first-order chi connectivity index (χ1) is 17.2. The van der Waals surface area contributed by atoms with E-state index in [9.17, 15) is 17.2 Å². The van der Waals surface area contributed by atoms with Crippen LogP contribution in [0.5, 0.6) is 0 Å². The molecule has 0 bridgehead atoms. The molecular formula is C24H25BClF2N5O2S. The van der Waals surface area contributed by atoms with Gasteiger partial charge < -0.3 is 5.32 Å². The van der Waals surface area contributed by atoms with E-state index >= 15 is 0 Å². The lowest BCUT2D eigenvalue weighted by Crippen LogP contribution is -2.41. The Bertz CT molecular complexity index is 1460. The maximum atomic E-state index is 13.7. The molecule has 0 saturated carbocycles. The SMILES string of the molecule is Bc1cnn2c(NCC3CCCN(S(=O)(=O)c4cc(F)cc(F)c4)C3)cc(C3=CC=CCC3Cl)nc12. The normalized spacial score (nSPS) is 21.0. The number of nitrogens with one attached hydrogen (secondary N) is 1. The van der Waals surface area contributed by atoms with Gasteiger partial charge >= 0.3 is 0 Å². The van der Waals surface area contributed by atoms with Gasteiger partial charge in [-0.3, -0.25) is 0 Å². The van der Waals surface area contributed by atoms with Gasteiger partial charge in [0, 0.05) is 38.0 Å². The molecule has 2 aliphatic rings. The Kier molecular flexibility index (Phi) is 6.89. The van der Waals surface area contributed by atoms with Crippen LogP contribution in [0.3, 0.4) is 0 Å². The smallest absolute Gasteiger partial charge is 0.243 e. The molecule has 1 fully saturated rings. The molecule has 1 aromatic carbocycles. The summed E-state index contributed by atoms with van der Waals surface area (Å²) in [4.78, 5) is 4.41. The number of nitrogens with zero attached hydrogens (tertiary/aromatic N) is 4. The van der Waals surface area contributed by atoms with E-state index in [-0.39, 0.29) is 22.7 Å². The Morgan fingerprint density at radius 2 is 1.97 bits per heavy atom. The first kappa shape index (κ1) is 24.9. The average molecular weight is 532 g/mol. The number of allylic oxidation sites excluding steroid dienone is 4. The highest BCUT2D eigenvalue weighted by Crippen LogP contribution is 2.30. The number of benzene rings is 1. The molecule has 1 saturated heterocycles. The second-order valence-corrected chi connectivity index (χ2v) is 11.7. The quantitative estimate of drug-likeness (QED) is 0.391. The van der Waals surface area contributed by atoms with Gasteiger partial charge in [-0.15, -0.1) is 11.6 Å². The highest BCUT2D eigenvalue weighted by atomic mass is 35.5. The molecule has 1 N–H and O–H groups in total. The number of hydrogen-bond donors (Lipinski definition) is 1. The first-order valence-electron chi connectivity index (χ1n) is 11.8. The number of sulfonamides is 1. The van der Waals surface area contributed by atoms with Crippen molar-refractivity contribution in [1.29, 1.82) is 0 Å². The summed E-state index contributed by atoms with van der Waals surface area (Å²) >= 11 is 6.55. The molecule has 0 radical (unpaired) electrons. The van der Waals surface area contributed by atoms with Crippen LogP contribution in [-0.2, 0) is 10.0 Å². The molecule has 1 aliphatic heterocycles. The zero-order valence-corrected chi connectivity index (χ0v) is 21.2. The van der Waals surface area contributed by atoms with Crippen LogP contribution in [0.1, 0.15) is 25.0 Å². The van der Waals surface area contributed by atoms with E-state index < -0.39 is 21.7 Å². The Hall–Kier alpha value is -2.76. The average Bonchev–Trinajstić information content (AvgIpc) is 3.23. The summed E-state index contributed by atoms with van der Waals surface area (Å²) in [6.45, 7) is 1.04. The van der Waals surface area contributed by atoms with Crippen LogP contribution in [0.2, 0.25) is 0 Å². The maximum Gasteiger partial charge on any atom is 0.243 e. The summed E-state index contributed by atoms with van der Waals surface area (Å²) in [5, 5.41) is 7.70. The highest BCUT2D eigenvalue weighted by Gasteiger charge is 2.31. The molecule has 0 spiro atoms. The Morgan fingerprint density at radius 3 is 2.72 bits per heavy atom. The van der Waals surface area contributed by atoms with Crippen molar-refractivity contribution in [1.82, 2.24) is 18.9 Å². The van der Waals surface area contributed by atoms with Gasteiger partial charge in [0.25, 0.3) is 0 Å². The molecule has 36 heavy (non-hydrogen) atoms. The van der Waals surface area contributed by atoms with E-state index in [0.717, 1.165) is 53.2 Å². The fourth-order valence-electron chi connectivity index (χ4n) is 4.68. The number of alkyl halides is 1. The van der Waals surface area contributed by atoms with E-state index in [1.165, 1.54) is 4.31 Å². The topological polar surface area (TPSA) is 79.6 Å². The highest BCUT2D eigenvalue weighted by molar-refractivity contribution is 7.89. The van der Waals surface area contributed by atoms with Gasteiger partial charge in [0.05, 0.1) is 16.0 Å². The van der Waals surface area contributed by atoms with E-state index in [0.29, 0.717) is 25.6 Å². The van der Waals surface area contributed by atoms with Crippen molar-refractivity contribution >= 4 is 52.0 Å². The third-order valence-electron chi connectivity index (χ3n) is 6.56. The van der Waals surface area contributed by atoms with Crippen LogP contribution in [-0.4, -0.2) is 60.2 Å². The van der Waals surface area contributed by atoms with Gasteiger partial charge in [0.1, 0.15) is 25.3 Å². The zero-order valence-electron chi connectivity index (χ0n) is 19.7. The molecular weight excluding hydrogens is 507 g/mol. The number of halogens is 3. The number of fused-ring (bicyclic) bond motifs is 1. The van der Waals surface area contributed by atoms with Crippen LogP contribution in [0, 0.1) is 17.6 Å². The Balaban J connectivity index is 1.37. The van der Waals surface area contributed by atoms with Crippen molar-refractivity contribution in [2.24, 2.45) is 5.92 Å². The molecule has 188 valence electrons. The third kappa shape index (κ3) is 4.92. The van der Waals surface area contributed by atoms with Crippen LogP contribution in [0.4, 0.5) is 14.6 Å². The van der Waals surface area contributed by atoms with E-state index in [2.05, 4.69) is 10.4 Å².